The van der Waals surface area contributed by atoms with Gasteiger partial charge in [0.1, 0.15) is 5.82 Å². The first-order valence-electron chi connectivity index (χ1n) is 10.4. The van der Waals surface area contributed by atoms with Gasteiger partial charge in [-0.05, 0) is 43.4 Å². The number of aryl methyl sites for hydroxylation is 2. The molecule has 2 aromatic rings. The van der Waals surface area contributed by atoms with Crippen LogP contribution in [0.1, 0.15) is 61.5 Å². The molecule has 30 heavy (non-hydrogen) atoms. The van der Waals surface area contributed by atoms with Crippen LogP contribution in [0.5, 0.6) is 0 Å². The second kappa shape index (κ2) is 7.96. The molecule has 1 aliphatic heterocycles. The van der Waals surface area contributed by atoms with E-state index in [1.54, 1.807) is 19.1 Å². The summed E-state index contributed by atoms with van der Waals surface area (Å²) in [4.78, 5) is 24.8. The maximum atomic E-state index is 13.1. The quantitative estimate of drug-likeness (QED) is 0.758. The number of anilines is 1. The van der Waals surface area contributed by atoms with Gasteiger partial charge in [-0.15, -0.1) is 0 Å². The number of nitrogens with zero attached hydrogens (tertiary/aromatic N) is 2. The predicted octanol–water partition coefficient (Wildman–Crippen LogP) is 3.01. The first-order chi connectivity index (χ1) is 14.3. The van der Waals surface area contributed by atoms with E-state index in [0.717, 1.165) is 25.7 Å². The van der Waals surface area contributed by atoms with Gasteiger partial charge in [0.05, 0.1) is 10.6 Å². The van der Waals surface area contributed by atoms with Gasteiger partial charge in [0, 0.05) is 24.4 Å². The van der Waals surface area contributed by atoms with Crippen LogP contribution in [0.25, 0.3) is 11.1 Å². The summed E-state index contributed by atoms with van der Waals surface area (Å²) < 4.78 is 30.2. The molecule has 160 valence electrons. The SMILES string of the molecule is CCc1nn2c(c1-c1ccc(C)c(S(=O)(=O)NC3CCCC3)c1)NC(=O)CCC2=O. The molecule has 9 heteroatoms. The lowest BCUT2D eigenvalue weighted by atomic mass is 10.0. The fraction of sp³-hybridized carbons (Fsp3) is 0.476. The van der Waals surface area contributed by atoms with Gasteiger partial charge >= 0.3 is 0 Å². The Morgan fingerprint density at radius 2 is 1.93 bits per heavy atom. The van der Waals surface area contributed by atoms with Gasteiger partial charge in [0.25, 0.3) is 0 Å². The average Bonchev–Trinajstić information content (AvgIpc) is 3.30. The van der Waals surface area contributed by atoms with Crippen LogP contribution in [0.3, 0.4) is 0 Å². The highest BCUT2D eigenvalue weighted by molar-refractivity contribution is 7.89. The number of hydrogen-bond donors (Lipinski definition) is 2. The lowest BCUT2D eigenvalue weighted by Gasteiger charge is -2.15. The lowest BCUT2D eigenvalue weighted by molar-refractivity contribution is -0.116. The number of fused-ring (bicyclic) bond motifs is 1. The number of aromatic nitrogens is 2. The Hall–Kier alpha value is -2.52. The summed E-state index contributed by atoms with van der Waals surface area (Å²) in [7, 11) is -3.69. The molecule has 0 unspecified atom stereocenters. The second-order valence-corrected chi connectivity index (χ2v) is 9.64. The van der Waals surface area contributed by atoms with Crippen LogP contribution in [0.2, 0.25) is 0 Å². The Balaban J connectivity index is 1.81. The number of sulfonamides is 1. The van der Waals surface area contributed by atoms with Gasteiger partial charge in [-0.1, -0.05) is 31.9 Å². The fourth-order valence-corrected chi connectivity index (χ4v) is 5.78. The van der Waals surface area contributed by atoms with Crippen molar-refractivity contribution in [1.82, 2.24) is 14.5 Å². The summed E-state index contributed by atoms with van der Waals surface area (Å²) in [5.74, 6) is -0.198. The molecule has 8 nitrogen and oxygen atoms in total. The van der Waals surface area contributed by atoms with E-state index >= 15 is 0 Å². The molecule has 0 atom stereocenters. The summed E-state index contributed by atoms with van der Waals surface area (Å²) in [5, 5.41) is 7.19. The zero-order chi connectivity index (χ0) is 21.5. The van der Waals surface area contributed by atoms with Crippen molar-refractivity contribution in [2.45, 2.75) is 69.7 Å². The van der Waals surface area contributed by atoms with Crippen molar-refractivity contribution in [1.29, 1.82) is 0 Å². The molecule has 1 aromatic carbocycles. The average molecular weight is 431 g/mol. The van der Waals surface area contributed by atoms with Gasteiger partial charge in [0.15, 0.2) is 0 Å². The Labute approximate surface area is 176 Å². The van der Waals surface area contributed by atoms with Gasteiger partial charge in [0.2, 0.25) is 21.8 Å². The van der Waals surface area contributed by atoms with E-state index in [4.69, 9.17) is 0 Å². The van der Waals surface area contributed by atoms with E-state index in [-0.39, 0.29) is 35.6 Å². The van der Waals surface area contributed by atoms with Crippen LogP contribution in [0.4, 0.5) is 5.82 Å². The van der Waals surface area contributed by atoms with E-state index in [1.807, 2.05) is 13.0 Å². The number of amides is 1. The third-order valence-corrected chi connectivity index (χ3v) is 7.46. The second-order valence-electron chi connectivity index (χ2n) is 7.96. The van der Waals surface area contributed by atoms with Crippen molar-refractivity contribution in [3.8, 4) is 11.1 Å². The van der Waals surface area contributed by atoms with E-state index in [2.05, 4.69) is 15.1 Å². The molecule has 2 heterocycles. The summed E-state index contributed by atoms with van der Waals surface area (Å²) >= 11 is 0. The van der Waals surface area contributed by atoms with E-state index in [0.29, 0.717) is 34.6 Å². The van der Waals surface area contributed by atoms with Crippen LogP contribution in [0, 0.1) is 6.92 Å². The minimum atomic E-state index is -3.69. The van der Waals surface area contributed by atoms with Crippen LogP contribution >= 0.6 is 0 Å². The molecule has 0 radical (unpaired) electrons. The Kier molecular flexibility index (Phi) is 5.50. The molecule has 2 aliphatic rings. The molecule has 1 amide bonds. The highest BCUT2D eigenvalue weighted by Gasteiger charge is 2.29. The number of hydrogen-bond acceptors (Lipinski definition) is 5. The normalized spacial score (nSPS) is 17.7. The number of nitrogens with one attached hydrogen (secondary N) is 2. The largest absolute Gasteiger partial charge is 0.310 e. The summed E-state index contributed by atoms with van der Waals surface area (Å²) in [6.07, 6.45) is 4.48. The fourth-order valence-electron chi connectivity index (χ4n) is 4.20. The predicted molar refractivity (Wildman–Crippen MR) is 113 cm³/mol. The number of carbonyl (C=O) groups is 2. The Bertz CT molecular complexity index is 1110. The first-order valence-corrected chi connectivity index (χ1v) is 11.9. The third kappa shape index (κ3) is 3.79. The number of rotatable bonds is 5. The first kappa shape index (κ1) is 20.7. The molecule has 0 saturated heterocycles. The summed E-state index contributed by atoms with van der Waals surface area (Å²) in [5.41, 5.74) is 2.48. The Morgan fingerprint density at radius 1 is 1.20 bits per heavy atom. The van der Waals surface area contributed by atoms with Gasteiger partial charge in [-0.25, -0.2) is 13.1 Å². The van der Waals surface area contributed by atoms with Gasteiger partial charge in [-0.3, -0.25) is 9.59 Å². The summed E-state index contributed by atoms with van der Waals surface area (Å²) in [6, 6.07) is 5.14. The van der Waals surface area contributed by atoms with Crippen molar-refractivity contribution in [2.75, 3.05) is 5.32 Å². The molecule has 2 N–H and O–H groups in total. The maximum absolute atomic E-state index is 13.1. The lowest BCUT2D eigenvalue weighted by Crippen LogP contribution is -2.33. The maximum Gasteiger partial charge on any atom is 0.249 e. The highest BCUT2D eigenvalue weighted by atomic mass is 32.2. The van der Waals surface area contributed by atoms with Gasteiger partial charge in [-0.2, -0.15) is 9.78 Å². The third-order valence-electron chi connectivity index (χ3n) is 5.80. The molecule has 4 rings (SSSR count). The zero-order valence-corrected chi connectivity index (χ0v) is 18.0. The minimum Gasteiger partial charge on any atom is -0.310 e. The van der Waals surface area contributed by atoms with Crippen LogP contribution in [-0.4, -0.2) is 36.1 Å². The molecular weight excluding hydrogens is 404 g/mol. The van der Waals surface area contributed by atoms with Gasteiger partial charge < -0.3 is 5.32 Å². The van der Waals surface area contributed by atoms with Crippen molar-refractivity contribution < 1.29 is 18.0 Å². The molecule has 1 aliphatic carbocycles. The minimum absolute atomic E-state index is 0.0337. The molecule has 1 aromatic heterocycles. The van der Waals surface area contributed by atoms with Crippen molar-refractivity contribution >= 4 is 27.7 Å². The smallest absolute Gasteiger partial charge is 0.249 e. The molecular formula is C21H26N4O4S. The molecule has 0 spiro atoms. The van der Waals surface area contributed by atoms with Crippen molar-refractivity contribution in [2.24, 2.45) is 0 Å². The van der Waals surface area contributed by atoms with Crippen LogP contribution < -0.4 is 10.0 Å². The highest BCUT2D eigenvalue weighted by Crippen LogP contribution is 2.36. The van der Waals surface area contributed by atoms with Crippen LogP contribution in [0.15, 0.2) is 23.1 Å². The Morgan fingerprint density at radius 3 is 2.63 bits per heavy atom. The number of benzene rings is 1. The van der Waals surface area contributed by atoms with E-state index < -0.39 is 10.0 Å². The van der Waals surface area contributed by atoms with Crippen molar-refractivity contribution in [3.05, 3.63) is 29.5 Å². The molecule has 1 saturated carbocycles. The molecule has 0 bridgehead atoms. The van der Waals surface area contributed by atoms with E-state index in [9.17, 15) is 18.0 Å². The number of carbonyl (C=O) groups excluding carboxylic acids is 2. The standard InChI is InChI=1S/C21H26N4O4S/c1-3-16-20(21-22-18(26)10-11-19(27)25(21)23-16)14-9-8-13(2)17(12-14)30(28,29)24-15-6-4-5-7-15/h8-9,12,15,24H,3-7,10-11H2,1-2H3,(H,22,26). The zero-order valence-electron chi connectivity index (χ0n) is 17.2. The molecule has 1 fully saturated rings. The topological polar surface area (TPSA) is 110 Å². The van der Waals surface area contributed by atoms with Crippen LogP contribution in [-0.2, 0) is 21.2 Å². The monoisotopic (exact) mass is 430 g/mol. The van der Waals surface area contributed by atoms with E-state index in [1.165, 1.54) is 4.68 Å². The van der Waals surface area contributed by atoms with Crippen molar-refractivity contribution in [3.63, 3.8) is 0 Å². The summed E-state index contributed by atoms with van der Waals surface area (Å²) in [6.45, 7) is 3.67.